The largest absolute Gasteiger partial charge is 0.463 e. The molecule has 0 spiro atoms. The standard InChI is InChI=1S/C25H40O6/c1-3-4-5-6-7-8-9-10-11-12-13-14-16-23-24(31-23)17-15-18-25(28)30-20-22(27)19-29-21(2)26/h7-8,10-11,13-14,22-24,27H,3-6,9,12,15-20H2,1-2H3/b8-7-,11-10-,14-13-/t22-,23?,24?/m1/s1. The van der Waals surface area contributed by atoms with Crippen molar-refractivity contribution in [3.8, 4) is 0 Å². The van der Waals surface area contributed by atoms with Crippen LogP contribution in [-0.4, -0.2) is 48.6 Å². The molecule has 3 atom stereocenters. The maximum atomic E-state index is 11.7. The van der Waals surface area contributed by atoms with Crippen LogP contribution in [-0.2, 0) is 23.8 Å². The Kier molecular flexibility index (Phi) is 15.5. The quantitative estimate of drug-likeness (QED) is 0.144. The molecule has 1 N–H and O–H groups in total. The van der Waals surface area contributed by atoms with Gasteiger partial charge in [-0.2, -0.15) is 0 Å². The number of hydrogen-bond acceptors (Lipinski definition) is 6. The van der Waals surface area contributed by atoms with E-state index in [2.05, 4.69) is 48.1 Å². The van der Waals surface area contributed by atoms with E-state index in [9.17, 15) is 14.7 Å². The predicted octanol–water partition coefficient (Wildman–Crippen LogP) is 4.81. The summed E-state index contributed by atoms with van der Waals surface area (Å²) >= 11 is 0. The van der Waals surface area contributed by atoms with Crippen LogP contribution in [0.25, 0.3) is 0 Å². The summed E-state index contributed by atoms with van der Waals surface area (Å²) in [4.78, 5) is 22.3. The van der Waals surface area contributed by atoms with Crippen molar-refractivity contribution in [1.29, 1.82) is 0 Å². The van der Waals surface area contributed by atoms with Gasteiger partial charge < -0.3 is 19.3 Å². The van der Waals surface area contributed by atoms with E-state index in [1.54, 1.807) is 0 Å². The zero-order chi connectivity index (χ0) is 22.7. The van der Waals surface area contributed by atoms with Crippen LogP contribution >= 0.6 is 0 Å². The fourth-order valence-electron chi connectivity index (χ4n) is 3.01. The maximum Gasteiger partial charge on any atom is 0.305 e. The Morgan fingerprint density at radius 2 is 1.61 bits per heavy atom. The van der Waals surface area contributed by atoms with Crippen molar-refractivity contribution in [3.63, 3.8) is 0 Å². The number of aliphatic hydroxyl groups excluding tert-OH is 1. The lowest BCUT2D eigenvalue weighted by Crippen LogP contribution is -2.24. The molecule has 0 aromatic carbocycles. The third-order valence-corrected chi connectivity index (χ3v) is 4.86. The van der Waals surface area contributed by atoms with Crippen molar-refractivity contribution in [2.75, 3.05) is 13.2 Å². The molecule has 176 valence electrons. The Labute approximate surface area is 187 Å². The number of aliphatic hydroxyl groups is 1. The summed E-state index contributed by atoms with van der Waals surface area (Å²) in [6, 6.07) is 0. The summed E-state index contributed by atoms with van der Waals surface area (Å²) in [6.45, 7) is 3.15. The lowest BCUT2D eigenvalue weighted by Gasteiger charge is -2.10. The topological polar surface area (TPSA) is 85.4 Å². The van der Waals surface area contributed by atoms with E-state index < -0.39 is 12.1 Å². The molecular weight excluding hydrogens is 396 g/mol. The third kappa shape index (κ3) is 16.4. The molecule has 0 aromatic heterocycles. The summed E-state index contributed by atoms with van der Waals surface area (Å²) < 4.78 is 15.2. The van der Waals surface area contributed by atoms with E-state index in [1.165, 1.54) is 32.6 Å². The van der Waals surface area contributed by atoms with Gasteiger partial charge >= 0.3 is 11.9 Å². The summed E-state index contributed by atoms with van der Waals surface area (Å²) in [5.74, 6) is -0.835. The average molecular weight is 437 g/mol. The molecule has 1 heterocycles. The van der Waals surface area contributed by atoms with Gasteiger partial charge in [0.15, 0.2) is 0 Å². The van der Waals surface area contributed by atoms with Crippen LogP contribution in [0, 0.1) is 0 Å². The highest BCUT2D eigenvalue weighted by Gasteiger charge is 2.36. The normalized spacial score (nSPS) is 19.3. The highest BCUT2D eigenvalue weighted by Crippen LogP contribution is 2.30. The Hall–Kier alpha value is -1.92. The first-order valence-corrected chi connectivity index (χ1v) is 11.6. The fraction of sp³-hybridized carbons (Fsp3) is 0.680. The molecule has 1 aliphatic heterocycles. The lowest BCUT2D eigenvalue weighted by molar-refractivity contribution is -0.151. The van der Waals surface area contributed by atoms with Crippen molar-refractivity contribution >= 4 is 11.9 Å². The van der Waals surface area contributed by atoms with E-state index in [1.807, 2.05) is 0 Å². The Bertz CT molecular complexity index is 581. The minimum atomic E-state index is -0.988. The van der Waals surface area contributed by atoms with Gasteiger partial charge in [-0.3, -0.25) is 9.59 Å². The number of rotatable bonds is 18. The second-order valence-electron chi connectivity index (χ2n) is 7.86. The highest BCUT2D eigenvalue weighted by molar-refractivity contribution is 5.69. The Morgan fingerprint density at radius 3 is 2.32 bits per heavy atom. The van der Waals surface area contributed by atoms with Gasteiger partial charge in [0.25, 0.3) is 0 Å². The number of epoxide rings is 1. The molecule has 0 bridgehead atoms. The van der Waals surface area contributed by atoms with Gasteiger partial charge in [0.05, 0.1) is 12.2 Å². The van der Waals surface area contributed by atoms with Crippen LogP contribution in [0.4, 0.5) is 0 Å². The van der Waals surface area contributed by atoms with E-state index in [4.69, 9.17) is 9.47 Å². The van der Waals surface area contributed by atoms with Crippen LogP contribution in [0.5, 0.6) is 0 Å². The molecule has 0 saturated carbocycles. The second-order valence-corrected chi connectivity index (χ2v) is 7.86. The maximum absolute atomic E-state index is 11.7. The summed E-state index contributed by atoms with van der Waals surface area (Å²) in [7, 11) is 0. The molecule has 0 aliphatic carbocycles. The number of hydrogen-bond donors (Lipinski definition) is 1. The average Bonchev–Trinajstić information content (AvgIpc) is 3.49. The molecule has 0 aromatic rings. The molecule has 0 amide bonds. The Balaban J connectivity index is 1.95. The van der Waals surface area contributed by atoms with E-state index in [0.29, 0.717) is 12.8 Å². The number of ether oxygens (including phenoxy) is 3. The lowest BCUT2D eigenvalue weighted by atomic mass is 10.1. The SMILES string of the molecule is CCCCC/C=C\C/C=C\C/C=C\CC1OC1CCCC(=O)OC[C@H](O)COC(C)=O. The number of carbonyl (C=O) groups is 2. The zero-order valence-electron chi connectivity index (χ0n) is 19.2. The minimum Gasteiger partial charge on any atom is -0.463 e. The zero-order valence-corrected chi connectivity index (χ0v) is 19.2. The van der Waals surface area contributed by atoms with Crippen LogP contribution < -0.4 is 0 Å². The van der Waals surface area contributed by atoms with E-state index >= 15 is 0 Å². The molecule has 0 radical (unpaired) electrons. The van der Waals surface area contributed by atoms with Crippen molar-refractivity contribution in [3.05, 3.63) is 36.5 Å². The molecule has 1 saturated heterocycles. The van der Waals surface area contributed by atoms with Crippen LogP contribution in [0.2, 0.25) is 0 Å². The van der Waals surface area contributed by atoms with Crippen LogP contribution in [0.15, 0.2) is 36.5 Å². The Morgan fingerprint density at radius 1 is 0.935 bits per heavy atom. The number of allylic oxidation sites excluding steroid dienone is 5. The molecule has 1 aliphatic rings. The summed E-state index contributed by atoms with van der Waals surface area (Å²) in [5.41, 5.74) is 0. The molecule has 31 heavy (non-hydrogen) atoms. The van der Waals surface area contributed by atoms with Gasteiger partial charge in [-0.15, -0.1) is 0 Å². The smallest absolute Gasteiger partial charge is 0.305 e. The number of unbranched alkanes of at least 4 members (excludes halogenated alkanes) is 3. The number of carbonyl (C=O) groups excluding carboxylic acids is 2. The first-order valence-electron chi connectivity index (χ1n) is 11.6. The minimum absolute atomic E-state index is 0.164. The van der Waals surface area contributed by atoms with E-state index in [0.717, 1.165) is 25.7 Å². The van der Waals surface area contributed by atoms with Gasteiger partial charge in [0, 0.05) is 13.3 Å². The molecule has 6 heteroatoms. The molecule has 1 fully saturated rings. The first kappa shape index (κ1) is 27.1. The highest BCUT2D eigenvalue weighted by atomic mass is 16.6. The van der Waals surface area contributed by atoms with Gasteiger partial charge in [-0.25, -0.2) is 0 Å². The predicted molar refractivity (Wildman–Crippen MR) is 122 cm³/mol. The van der Waals surface area contributed by atoms with Crippen LogP contribution in [0.3, 0.4) is 0 Å². The first-order chi connectivity index (χ1) is 15.0. The van der Waals surface area contributed by atoms with E-state index in [-0.39, 0.29) is 31.4 Å². The van der Waals surface area contributed by atoms with Crippen LogP contribution in [0.1, 0.15) is 78.1 Å². The fourth-order valence-corrected chi connectivity index (χ4v) is 3.01. The second kappa shape index (κ2) is 17.7. The van der Waals surface area contributed by atoms with Crippen molar-refractivity contribution in [1.82, 2.24) is 0 Å². The van der Waals surface area contributed by atoms with Crippen molar-refractivity contribution < 1.29 is 28.9 Å². The monoisotopic (exact) mass is 436 g/mol. The van der Waals surface area contributed by atoms with Gasteiger partial charge in [0.1, 0.15) is 19.3 Å². The van der Waals surface area contributed by atoms with Crippen molar-refractivity contribution in [2.24, 2.45) is 0 Å². The molecule has 2 unspecified atom stereocenters. The molecule has 6 nitrogen and oxygen atoms in total. The number of esters is 2. The third-order valence-electron chi connectivity index (χ3n) is 4.86. The molecular formula is C25H40O6. The van der Waals surface area contributed by atoms with Crippen molar-refractivity contribution in [2.45, 2.75) is 96.4 Å². The van der Waals surface area contributed by atoms with Gasteiger partial charge in [-0.1, -0.05) is 56.2 Å². The summed E-state index contributed by atoms with van der Waals surface area (Å²) in [5, 5.41) is 9.53. The summed E-state index contributed by atoms with van der Waals surface area (Å²) in [6.07, 6.45) is 22.4. The van der Waals surface area contributed by atoms with Gasteiger partial charge in [0.2, 0.25) is 0 Å². The van der Waals surface area contributed by atoms with Gasteiger partial charge in [-0.05, 0) is 44.9 Å². The molecule has 1 rings (SSSR count).